The van der Waals surface area contributed by atoms with Crippen LogP contribution in [0.3, 0.4) is 0 Å². The molecule has 6 heteroatoms. The van der Waals surface area contributed by atoms with Gasteiger partial charge in [0.05, 0.1) is 31.2 Å². The van der Waals surface area contributed by atoms with Crippen LogP contribution in [0, 0.1) is 12.8 Å². The van der Waals surface area contributed by atoms with Gasteiger partial charge in [-0.15, -0.1) is 0 Å². The van der Waals surface area contributed by atoms with Crippen molar-refractivity contribution >= 4 is 23.5 Å². The van der Waals surface area contributed by atoms with Crippen LogP contribution < -0.4 is 4.90 Å². The van der Waals surface area contributed by atoms with E-state index in [1.54, 1.807) is 6.07 Å². The van der Waals surface area contributed by atoms with Gasteiger partial charge in [-0.1, -0.05) is 18.2 Å². The number of carbonyl (C=O) groups is 3. The summed E-state index contributed by atoms with van der Waals surface area (Å²) < 4.78 is 4.79. The molecule has 2 aliphatic heterocycles. The normalized spacial score (nSPS) is 22.9. The average molecular weight is 330 g/mol. The van der Waals surface area contributed by atoms with Gasteiger partial charge in [0.25, 0.3) is 5.91 Å². The van der Waals surface area contributed by atoms with Gasteiger partial charge in [-0.3, -0.25) is 19.3 Å². The molecule has 0 radical (unpaired) electrons. The summed E-state index contributed by atoms with van der Waals surface area (Å²) in [4.78, 5) is 40.2. The Balaban J connectivity index is 1.71. The first-order chi connectivity index (χ1) is 11.5. The van der Waals surface area contributed by atoms with Crippen LogP contribution in [0.2, 0.25) is 0 Å². The Morgan fingerprint density at radius 1 is 1.17 bits per heavy atom. The molecule has 0 unspecified atom stereocenters. The molecule has 6 nitrogen and oxygen atoms in total. The number of hydrogen-bond donors (Lipinski definition) is 0. The van der Waals surface area contributed by atoms with Gasteiger partial charge in [0.1, 0.15) is 0 Å². The van der Waals surface area contributed by atoms with Crippen LogP contribution >= 0.6 is 0 Å². The number of aryl methyl sites for hydroxylation is 1. The lowest BCUT2D eigenvalue weighted by Crippen LogP contribution is -2.47. The van der Waals surface area contributed by atoms with Gasteiger partial charge in [0.15, 0.2) is 0 Å². The van der Waals surface area contributed by atoms with Gasteiger partial charge in [0.2, 0.25) is 5.91 Å². The zero-order valence-corrected chi connectivity index (χ0v) is 14.0. The number of hydrogen-bond acceptors (Lipinski definition) is 5. The highest BCUT2D eigenvalue weighted by Crippen LogP contribution is 2.30. The van der Waals surface area contributed by atoms with E-state index in [4.69, 9.17) is 4.74 Å². The predicted molar refractivity (Wildman–Crippen MR) is 88.4 cm³/mol. The summed E-state index contributed by atoms with van der Waals surface area (Å²) in [6.45, 7) is 3.15. The van der Waals surface area contributed by atoms with Gasteiger partial charge in [-0.05, 0) is 44.5 Å². The fourth-order valence-electron chi connectivity index (χ4n) is 3.58. The predicted octanol–water partition coefficient (Wildman–Crippen LogP) is 1.51. The summed E-state index contributed by atoms with van der Waals surface area (Å²) in [5, 5.41) is 0. The van der Waals surface area contributed by atoms with Crippen molar-refractivity contribution in [1.29, 1.82) is 0 Å². The molecule has 0 N–H and O–H groups in total. The monoisotopic (exact) mass is 330 g/mol. The largest absolute Gasteiger partial charge is 0.469 e. The maximum atomic E-state index is 12.8. The van der Waals surface area contributed by atoms with Crippen LogP contribution in [0.4, 0.5) is 5.69 Å². The molecule has 0 aromatic heterocycles. The number of esters is 1. The maximum Gasteiger partial charge on any atom is 0.308 e. The summed E-state index contributed by atoms with van der Waals surface area (Å²) in [6.07, 6.45) is 1.53. The molecule has 2 aliphatic rings. The van der Waals surface area contributed by atoms with Crippen LogP contribution in [0.5, 0.6) is 0 Å². The molecule has 0 saturated carbocycles. The molecule has 2 amide bonds. The van der Waals surface area contributed by atoms with Crippen LogP contribution in [-0.2, 0) is 19.1 Å². The zero-order valence-electron chi connectivity index (χ0n) is 14.0. The highest BCUT2D eigenvalue weighted by Gasteiger charge is 2.44. The highest BCUT2D eigenvalue weighted by atomic mass is 16.5. The van der Waals surface area contributed by atoms with Crippen LogP contribution in [0.1, 0.15) is 24.8 Å². The number of carbonyl (C=O) groups excluding carboxylic acids is 3. The smallest absolute Gasteiger partial charge is 0.308 e. The molecule has 128 valence electrons. The number of imide groups is 1. The van der Waals surface area contributed by atoms with Gasteiger partial charge in [-0.25, -0.2) is 4.90 Å². The third-order valence-corrected chi connectivity index (χ3v) is 4.98. The Morgan fingerprint density at radius 2 is 1.83 bits per heavy atom. The van der Waals surface area contributed by atoms with E-state index in [2.05, 4.69) is 0 Å². The fraction of sp³-hybridized carbons (Fsp3) is 0.500. The van der Waals surface area contributed by atoms with Gasteiger partial charge in [0, 0.05) is 0 Å². The molecule has 2 fully saturated rings. The van der Waals surface area contributed by atoms with Crippen LogP contribution in [0.15, 0.2) is 24.3 Å². The van der Waals surface area contributed by atoms with Crippen molar-refractivity contribution in [1.82, 2.24) is 4.90 Å². The van der Waals surface area contributed by atoms with E-state index in [0.717, 1.165) is 5.56 Å². The third kappa shape index (κ3) is 2.94. The minimum absolute atomic E-state index is 0.106. The first kappa shape index (κ1) is 16.6. The SMILES string of the molecule is COC(=O)C1CCN([C@H]2CC(=O)N(c3ccccc3C)C2=O)CC1. The standard InChI is InChI=1S/C18H22N2O4/c1-12-5-3-4-6-14(12)20-16(21)11-15(17(20)22)19-9-7-13(8-10-19)18(23)24-2/h3-6,13,15H,7-11H2,1-2H3/t15-/m0/s1. The van der Waals surface area contributed by atoms with Crippen molar-refractivity contribution in [2.45, 2.75) is 32.2 Å². The van der Waals surface area contributed by atoms with Crippen molar-refractivity contribution in [3.63, 3.8) is 0 Å². The van der Waals surface area contributed by atoms with E-state index < -0.39 is 6.04 Å². The lowest BCUT2D eigenvalue weighted by atomic mass is 9.95. The van der Waals surface area contributed by atoms with E-state index in [-0.39, 0.29) is 30.1 Å². The summed E-state index contributed by atoms with van der Waals surface area (Å²) >= 11 is 0. The minimum Gasteiger partial charge on any atom is -0.469 e. The third-order valence-electron chi connectivity index (χ3n) is 4.98. The van der Waals surface area contributed by atoms with Crippen molar-refractivity contribution in [2.75, 3.05) is 25.1 Å². The number of nitrogens with zero attached hydrogens (tertiary/aromatic N) is 2. The van der Waals surface area contributed by atoms with Gasteiger partial charge < -0.3 is 4.74 Å². The number of amides is 2. The second-order valence-electron chi connectivity index (χ2n) is 6.41. The van der Waals surface area contributed by atoms with Crippen molar-refractivity contribution in [2.24, 2.45) is 5.92 Å². The molecule has 2 heterocycles. The molecule has 24 heavy (non-hydrogen) atoms. The first-order valence-electron chi connectivity index (χ1n) is 8.27. The average Bonchev–Trinajstić information content (AvgIpc) is 2.89. The number of benzene rings is 1. The molecule has 0 spiro atoms. The summed E-state index contributed by atoms with van der Waals surface area (Å²) in [6, 6.07) is 7.00. The Labute approximate surface area is 141 Å². The Bertz CT molecular complexity index is 665. The Morgan fingerprint density at radius 3 is 2.46 bits per heavy atom. The van der Waals surface area contributed by atoms with Crippen LogP contribution in [0.25, 0.3) is 0 Å². The van der Waals surface area contributed by atoms with Gasteiger partial charge in [-0.2, -0.15) is 0 Å². The number of rotatable bonds is 3. The van der Waals surface area contributed by atoms with E-state index in [9.17, 15) is 14.4 Å². The quantitative estimate of drug-likeness (QED) is 0.621. The molecular weight excluding hydrogens is 308 g/mol. The number of anilines is 1. The van der Waals surface area contributed by atoms with Crippen molar-refractivity contribution in [3.8, 4) is 0 Å². The molecule has 1 aromatic carbocycles. The number of likely N-dealkylation sites (tertiary alicyclic amines) is 1. The van der Waals surface area contributed by atoms with E-state index in [1.165, 1.54) is 12.0 Å². The van der Waals surface area contributed by atoms with E-state index >= 15 is 0 Å². The lowest BCUT2D eigenvalue weighted by molar-refractivity contribution is -0.147. The second kappa shape index (κ2) is 6.73. The molecule has 0 bridgehead atoms. The zero-order chi connectivity index (χ0) is 17.3. The molecule has 0 aliphatic carbocycles. The van der Waals surface area contributed by atoms with E-state index in [0.29, 0.717) is 31.6 Å². The number of methoxy groups -OCH3 is 1. The van der Waals surface area contributed by atoms with Crippen molar-refractivity contribution < 1.29 is 19.1 Å². The topological polar surface area (TPSA) is 66.9 Å². The first-order valence-corrected chi connectivity index (χ1v) is 8.27. The number of piperidine rings is 1. The molecule has 2 saturated heterocycles. The fourth-order valence-corrected chi connectivity index (χ4v) is 3.58. The lowest BCUT2D eigenvalue weighted by Gasteiger charge is -2.33. The molecule has 3 rings (SSSR count). The molecular formula is C18H22N2O4. The summed E-state index contributed by atoms with van der Waals surface area (Å²) in [5.41, 5.74) is 1.57. The van der Waals surface area contributed by atoms with Gasteiger partial charge >= 0.3 is 5.97 Å². The second-order valence-corrected chi connectivity index (χ2v) is 6.41. The summed E-state index contributed by atoms with van der Waals surface area (Å²) in [5.74, 6) is -0.615. The maximum absolute atomic E-state index is 12.8. The minimum atomic E-state index is -0.421. The van der Waals surface area contributed by atoms with Crippen molar-refractivity contribution in [3.05, 3.63) is 29.8 Å². The highest BCUT2D eigenvalue weighted by molar-refractivity contribution is 6.22. The summed E-state index contributed by atoms with van der Waals surface area (Å²) in [7, 11) is 1.40. The number of ether oxygens (including phenoxy) is 1. The number of para-hydroxylation sites is 1. The molecule has 1 atom stereocenters. The van der Waals surface area contributed by atoms with Crippen LogP contribution in [-0.4, -0.2) is 48.9 Å². The Kier molecular flexibility index (Phi) is 4.66. The Hall–Kier alpha value is -2.21. The van der Waals surface area contributed by atoms with E-state index in [1.807, 2.05) is 30.0 Å². The molecule has 1 aromatic rings.